The van der Waals surface area contributed by atoms with Crippen molar-refractivity contribution in [2.45, 2.75) is 0 Å². The zero-order valence-corrected chi connectivity index (χ0v) is 8.31. The predicted octanol–water partition coefficient (Wildman–Crippen LogP) is 4.18. The van der Waals surface area contributed by atoms with Crippen molar-refractivity contribution in [3.05, 3.63) is 47.2 Å². The number of hydrogen-bond acceptors (Lipinski definition) is 1. The minimum absolute atomic E-state index is 0.256. The molecule has 3 aromatic rings. The first-order valence-electron chi connectivity index (χ1n) is 4.43. The van der Waals surface area contributed by atoms with E-state index in [0.717, 1.165) is 5.39 Å². The molecule has 1 heterocycles. The van der Waals surface area contributed by atoms with Crippen LogP contribution in [0, 0.1) is 11.9 Å². The molecule has 0 saturated carbocycles. The first kappa shape index (κ1) is 8.74. The number of halogens is 2. The van der Waals surface area contributed by atoms with E-state index in [2.05, 4.69) is 6.07 Å². The summed E-state index contributed by atoms with van der Waals surface area (Å²) in [7, 11) is 0. The quantitative estimate of drug-likeness (QED) is 0.553. The molecule has 0 aliphatic rings. The second-order valence-corrected chi connectivity index (χ2v) is 3.73. The van der Waals surface area contributed by atoms with Gasteiger partial charge in [-0.3, -0.25) is 0 Å². The van der Waals surface area contributed by atoms with Gasteiger partial charge in [0.05, 0.1) is 0 Å². The van der Waals surface area contributed by atoms with Crippen LogP contribution in [-0.4, -0.2) is 0 Å². The van der Waals surface area contributed by atoms with Gasteiger partial charge in [0.1, 0.15) is 5.58 Å². The Kier molecular flexibility index (Phi) is 1.73. The molecule has 3 heteroatoms. The number of furan rings is 1. The van der Waals surface area contributed by atoms with E-state index in [0.29, 0.717) is 16.0 Å². The molecule has 0 bridgehead atoms. The molecule has 1 nitrogen and oxygen atoms in total. The Morgan fingerprint density at radius 3 is 2.93 bits per heavy atom. The molecule has 73 valence electrons. The van der Waals surface area contributed by atoms with Crippen molar-refractivity contribution in [2.75, 3.05) is 0 Å². The summed E-state index contributed by atoms with van der Waals surface area (Å²) in [5.74, 6) is -0.403. The third kappa shape index (κ3) is 1.22. The molecule has 0 aliphatic heterocycles. The molecular formula is C12H5ClFO. The lowest BCUT2D eigenvalue weighted by atomic mass is 10.1. The first-order valence-corrected chi connectivity index (χ1v) is 4.81. The third-order valence-corrected chi connectivity index (χ3v) is 2.58. The molecule has 3 rings (SSSR count). The Labute approximate surface area is 90.1 Å². The van der Waals surface area contributed by atoms with Gasteiger partial charge < -0.3 is 4.42 Å². The van der Waals surface area contributed by atoms with E-state index < -0.39 is 5.82 Å². The fourth-order valence-corrected chi connectivity index (χ4v) is 1.85. The van der Waals surface area contributed by atoms with Crippen LogP contribution >= 0.6 is 11.6 Å². The summed E-state index contributed by atoms with van der Waals surface area (Å²) in [6.07, 6.45) is 0. The summed E-state index contributed by atoms with van der Waals surface area (Å²) in [5.41, 5.74) is 0.888. The van der Waals surface area contributed by atoms with Gasteiger partial charge in [-0.05, 0) is 36.4 Å². The molecule has 1 aromatic heterocycles. The van der Waals surface area contributed by atoms with Crippen LogP contribution in [0.1, 0.15) is 0 Å². The van der Waals surface area contributed by atoms with Crippen LogP contribution in [0.2, 0.25) is 5.02 Å². The highest BCUT2D eigenvalue weighted by Crippen LogP contribution is 2.31. The second-order valence-electron chi connectivity index (χ2n) is 3.29. The van der Waals surface area contributed by atoms with Crippen molar-refractivity contribution in [2.24, 2.45) is 0 Å². The van der Waals surface area contributed by atoms with E-state index in [4.69, 9.17) is 16.0 Å². The Hall–Kier alpha value is -1.54. The second kappa shape index (κ2) is 2.97. The van der Waals surface area contributed by atoms with E-state index >= 15 is 0 Å². The van der Waals surface area contributed by atoms with Gasteiger partial charge in [0, 0.05) is 15.8 Å². The Morgan fingerprint density at radius 2 is 2.07 bits per heavy atom. The molecule has 1 radical (unpaired) electrons. The highest BCUT2D eigenvalue weighted by molar-refractivity contribution is 6.31. The number of benzene rings is 2. The Bertz CT molecular complexity index is 657. The first-order chi connectivity index (χ1) is 7.25. The van der Waals surface area contributed by atoms with Gasteiger partial charge in [0.25, 0.3) is 0 Å². The predicted molar refractivity (Wildman–Crippen MR) is 57.5 cm³/mol. The number of rotatable bonds is 0. The van der Waals surface area contributed by atoms with E-state index in [1.54, 1.807) is 24.3 Å². The molecule has 0 saturated heterocycles. The van der Waals surface area contributed by atoms with Crippen molar-refractivity contribution >= 4 is 33.5 Å². The molecule has 0 fully saturated rings. The monoisotopic (exact) mass is 219 g/mol. The number of hydrogen-bond donors (Lipinski definition) is 0. The van der Waals surface area contributed by atoms with Gasteiger partial charge in [-0.2, -0.15) is 0 Å². The lowest BCUT2D eigenvalue weighted by Gasteiger charge is -1.89. The van der Waals surface area contributed by atoms with Crippen molar-refractivity contribution in [3.8, 4) is 0 Å². The van der Waals surface area contributed by atoms with Crippen LogP contribution < -0.4 is 0 Å². The van der Waals surface area contributed by atoms with Crippen LogP contribution in [-0.2, 0) is 0 Å². The summed E-state index contributed by atoms with van der Waals surface area (Å²) in [4.78, 5) is 0. The van der Waals surface area contributed by atoms with Crippen molar-refractivity contribution < 1.29 is 8.81 Å². The fraction of sp³-hybridized carbons (Fsp3) is 0. The normalized spacial score (nSPS) is 11.3. The molecule has 0 N–H and O–H groups in total. The standard InChI is InChI=1S/C12H5ClFO/c13-7-4-5-11-9(6-7)8-2-1-3-10(14)12(8)15-11/h2-6H. The van der Waals surface area contributed by atoms with Crippen LogP contribution in [0.5, 0.6) is 0 Å². The fourth-order valence-electron chi connectivity index (χ4n) is 1.67. The summed E-state index contributed by atoms with van der Waals surface area (Å²) < 4.78 is 18.8. The molecule has 0 atom stereocenters. The van der Waals surface area contributed by atoms with Crippen LogP contribution in [0.15, 0.2) is 34.7 Å². The summed E-state index contributed by atoms with van der Waals surface area (Å²) >= 11 is 5.87. The van der Waals surface area contributed by atoms with E-state index in [1.165, 1.54) is 6.07 Å². The SMILES string of the molecule is Fc1c[c]cc2c1oc1ccc(Cl)cc12. The number of fused-ring (bicyclic) bond motifs is 3. The average molecular weight is 220 g/mol. The van der Waals surface area contributed by atoms with E-state index in [-0.39, 0.29) is 5.58 Å². The maximum Gasteiger partial charge on any atom is 0.171 e. The molecule has 0 amide bonds. The largest absolute Gasteiger partial charge is 0.453 e. The lowest BCUT2D eigenvalue weighted by molar-refractivity contribution is 0.584. The zero-order valence-electron chi connectivity index (χ0n) is 7.55. The maximum atomic E-state index is 13.4. The summed E-state index contributed by atoms with van der Waals surface area (Å²) in [6, 6.07) is 10.9. The van der Waals surface area contributed by atoms with Gasteiger partial charge in [-0.25, -0.2) is 4.39 Å². The van der Waals surface area contributed by atoms with Crippen LogP contribution in [0.25, 0.3) is 21.9 Å². The molecular weight excluding hydrogens is 215 g/mol. The average Bonchev–Trinajstić information content (AvgIpc) is 2.58. The highest BCUT2D eigenvalue weighted by Gasteiger charge is 2.10. The van der Waals surface area contributed by atoms with E-state index in [1.807, 2.05) is 0 Å². The maximum absolute atomic E-state index is 13.4. The van der Waals surface area contributed by atoms with Gasteiger partial charge in [-0.15, -0.1) is 0 Å². The topological polar surface area (TPSA) is 13.1 Å². The van der Waals surface area contributed by atoms with Gasteiger partial charge >= 0.3 is 0 Å². The van der Waals surface area contributed by atoms with Gasteiger partial charge in [-0.1, -0.05) is 11.6 Å². The Morgan fingerprint density at radius 1 is 1.20 bits per heavy atom. The summed E-state index contributed by atoms with van der Waals surface area (Å²) in [6.45, 7) is 0. The smallest absolute Gasteiger partial charge is 0.171 e. The zero-order chi connectivity index (χ0) is 10.4. The van der Waals surface area contributed by atoms with Crippen LogP contribution in [0.4, 0.5) is 4.39 Å². The minimum atomic E-state index is -0.403. The van der Waals surface area contributed by atoms with Gasteiger partial charge in [0.2, 0.25) is 0 Å². The Balaban J connectivity index is 2.58. The molecule has 15 heavy (non-hydrogen) atoms. The van der Waals surface area contributed by atoms with Crippen molar-refractivity contribution in [1.82, 2.24) is 0 Å². The molecule has 2 aromatic carbocycles. The van der Waals surface area contributed by atoms with Crippen molar-refractivity contribution in [3.63, 3.8) is 0 Å². The summed E-state index contributed by atoms with van der Waals surface area (Å²) in [5, 5.41) is 2.12. The third-order valence-electron chi connectivity index (χ3n) is 2.34. The van der Waals surface area contributed by atoms with E-state index in [9.17, 15) is 4.39 Å². The highest BCUT2D eigenvalue weighted by atomic mass is 35.5. The molecule has 0 spiro atoms. The van der Waals surface area contributed by atoms with Crippen molar-refractivity contribution in [1.29, 1.82) is 0 Å². The molecule has 0 aliphatic carbocycles. The molecule has 0 unspecified atom stereocenters. The lowest BCUT2D eigenvalue weighted by Crippen LogP contribution is -1.72. The van der Waals surface area contributed by atoms with Gasteiger partial charge in [0.15, 0.2) is 11.4 Å². The van der Waals surface area contributed by atoms with Crippen LogP contribution in [0.3, 0.4) is 0 Å². The minimum Gasteiger partial charge on any atom is -0.453 e.